The van der Waals surface area contributed by atoms with E-state index in [0.717, 1.165) is 25.6 Å². The van der Waals surface area contributed by atoms with E-state index >= 15 is 0 Å². The zero-order chi connectivity index (χ0) is 10.6. The molecule has 2 N–H and O–H groups in total. The fourth-order valence-corrected chi connectivity index (χ4v) is 2.51. The smallest absolute Gasteiger partial charge is 0.209 e. The average Bonchev–Trinajstić information content (AvgIpc) is 2.01. The van der Waals surface area contributed by atoms with Crippen molar-refractivity contribution >= 4 is 10.0 Å². The largest absolute Gasteiger partial charge is 0.303 e. The highest BCUT2D eigenvalue weighted by molar-refractivity contribution is 7.89. The Hall–Kier alpha value is -0.130. The zero-order valence-electron chi connectivity index (χ0n) is 8.78. The number of primary sulfonamides is 1. The first-order valence-corrected chi connectivity index (χ1v) is 6.92. The van der Waals surface area contributed by atoms with Crippen molar-refractivity contribution in [1.29, 1.82) is 0 Å². The summed E-state index contributed by atoms with van der Waals surface area (Å²) < 4.78 is 21.4. The van der Waals surface area contributed by atoms with E-state index in [1.54, 1.807) is 0 Å². The third kappa shape index (κ3) is 4.93. The van der Waals surface area contributed by atoms with E-state index in [-0.39, 0.29) is 5.75 Å². The van der Waals surface area contributed by atoms with E-state index in [0.29, 0.717) is 6.42 Å². The van der Waals surface area contributed by atoms with Gasteiger partial charge in [0.2, 0.25) is 10.0 Å². The summed E-state index contributed by atoms with van der Waals surface area (Å²) in [7, 11) is -3.27. The van der Waals surface area contributed by atoms with E-state index in [9.17, 15) is 8.42 Å². The van der Waals surface area contributed by atoms with Gasteiger partial charge in [-0.3, -0.25) is 0 Å². The van der Waals surface area contributed by atoms with Crippen LogP contribution >= 0.6 is 0 Å². The molecule has 14 heavy (non-hydrogen) atoms. The highest BCUT2D eigenvalue weighted by Crippen LogP contribution is 2.15. The SMILES string of the molecule is CC1CCCN(CCCS(N)(=O)=O)C1. The first-order chi connectivity index (χ1) is 6.47. The van der Waals surface area contributed by atoms with Gasteiger partial charge in [0.1, 0.15) is 0 Å². The predicted molar refractivity (Wildman–Crippen MR) is 57.4 cm³/mol. The average molecular weight is 220 g/mol. The first kappa shape index (κ1) is 11.9. The Bertz CT molecular complexity index is 264. The highest BCUT2D eigenvalue weighted by atomic mass is 32.2. The van der Waals surface area contributed by atoms with E-state index in [2.05, 4.69) is 11.8 Å². The molecule has 0 spiro atoms. The molecule has 0 aromatic carbocycles. The lowest BCUT2D eigenvalue weighted by molar-refractivity contribution is 0.184. The molecule has 0 radical (unpaired) electrons. The summed E-state index contributed by atoms with van der Waals surface area (Å²) in [6, 6.07) is 0. The Morgan fingerprint density at radius 2 is 2.21 bits per heavy atom. The molecule has 1 rings (SSSR count). The van der Waals surface area contributed by atoms with Gasteiger partial charge in [-0.05, 0) is 38.3 Å². The second-order valence-corrected chi connectivity index (χ2v) is 6.00. The van der Waals surface area contributed by atoms with Gasteiger partial charge in [-0.2, -0.15) is 0 Å². The number of hydrogen-bond donors (Lipinski definition) is 1. The van der Waals surface area contributed by atoms with Crippen molar-refractivity contribution in [2.75, 3.05) is 25.4 Å². The van der Waals surface area contributed by atoms with Crippen molar-refractivity contribution in [3.63, 3.8) is 0 Å². The Morgan fingerprint density at radius 1 is 1.50 bits per heavy atom. The summed E-state index contributed by atoms with van der Waals surface area (Å²) in [6.07, 6.45) is 3.19. The molecule has 1 aliphatic heterocycles. The fraction of sp³-hybridized carbons (Fsp3) is 1.00. The Labute approximate surface area is 86.5 Å². The van der Waals surface area contributed by atoms with Crippen LogP contribution in [0.2, 0.25) is 0 Å². The molecule has 5 heteroatoms. The van der Waals surface area contributed by atoms with Crippen LogP contribution in [0, 0.1) is 5.92 Å². The monoisotopic (exact) mass is 220 g/mol. The molecular weight excluding hydrogens is 200 g/mol. The number of hydrogen-bond acceptors (Lipinski definition) is 3. The molecule has 1 unspecified atom stereocenters. The van der Waals surface area contributed by atoms with Crippen molar-refractivity contribution in [3.05, 3.63) is 0 Å². The van der Waals surface area contributed by atoms with Gasteiger partial charge < -0.3 is 4.90 Å². The van der Waals surface area contributed by atoms with Gasteiger partial charge in [-0.1, -0.05) is 6.92 Å². The van der Waals surface area contributed by atoms with E-state index in [1.807, 2.05) is 0 Å². The molecule has 4 nitrogen and oxygen atoms in total. The van der Waals surface area contributed by atoms with Gasteiger partial charge in [-0.15, -0.1) is 0 Å². The second kappa shape index (κ2) is 5.09. The Balaban J connectivity index is 2.18. The zero-order valence-corrected chi connectivity index (χ0v) is 9.59. The molecule has 0 saturated carbocycles. The topological polar surface area (TPSA) is 63.4 Å². The minimum atomic E-state index is -3.27. The summed E-state index contributed by atoms with van der Waals surface area (Å²) in [5.74, 6) is 0.857. The molecule has 0 aliphatic carbocycles. The minimum Gasteiger partial charge on any atom is -0.303 e. The number of nitrogens with zero attached hydrogens (tertiary/aromatic N) is 1. The van der Waals surface area contributed by atoms with Crippen LogP contribution in [0.15, 0.2) is 0 Å². The van der Waals surface area contributed by atoms with Crippen molar-refractivity contribution in [3.8, 4) is 0 Å². The maximum absolute atomic E-state index is 10.7. The van der Waals surface area contributed by atoms with Crippen LogP contribution in [-0.4, -0.2) is 38.7 Å². The van der Waals surface area contributed by atoms with Crippen LogP contribution in [0.3, 0.4) is 0 Å². The van der Waals surface area contributed by atoms with E-state index in [4.69, 9.17) is 5.14 Å². The molecule has 84 valence electrons. The van der Waals surface area contributed by atoms with E-state index in [1.165, 1.54) is 12.8 Å². The van der Waals surface area contributed by atoms with Crippen LogP contribution in [0.25, 0.3) is 0 Å². The summed E-state index contributed by atoms with van der Waals surface area (Å²) in [5.41, 5.74) is 0. The Kier molecular flexibility index (Phi) is 4.34. The van der Waals surface area contributed by atoms with Crippen LogP contribution in [0.5, 0.6) is 0 Å². The van der Waals surface area contributed by atoms with Gasteiger partial charge in [0, 0.05) is 6.54 Å². The molecule has 1 atom stereocenters. The number of sulfonamides is 1. The number of likely N-dealkylation sites (tertiary alicyclic amines) is 1. The van der Waals surface area contributed by atoms with Gasteiger partial charge in [0.15, 0.2) is 0 Å². The molecule has 0 amide bonds. The van der Waals surface area contributed by atoms with Gasteiger partial charge in [-0.25, -0.2) is 13.6 Å². The lowest BCUT2D eigenvalue weighted by atomic mass is 10.0. The standard InChI is InChI=1S/C9H20N2O2S/c1-9-4-2-5-11(8-9)6-3-7-14(10,12)13/h9H,2-8H2,1H3,(H2,10,12,13). The van der Waals surface area contributed by atoms with Crippen molar-refractivity contribution in [1.82, 2.24) is 4.90 Å². The van der Waals surface area contributed by atoms with Crippen LogP contribution in [0.4, 0.5) is 0 Å². The first-order valence-electron chi connectivity index (χ1n) is 5.20. The maximum Gasteiger partial charge on any atom is 0.209 e. The summed E-state index contributed by atoms with van der Waals surface area (Å²) in [4.78, 5) is 2.33. The fourth-order valence-electron chi connectivity index (χ4n) is 1.98. The molecule has 0 bridgehead atoms. The van der Waals surface area contributed by atoms with Gasteiger partial charge in [0.05, 0.1) is 5.75 Å². The second-order valence-electron chi connectivity index (χ2n) is 4.27. The van der Waals surface area contributed by atoms with Crippen LogP contribution in [-0.2, 0) is 10.0 Å². The lowest BCUT2D eigenvalue weighted by Crippen LogP contribution is -2.35. The molecule has 0 aromatic rings. The number of rotatable bonds is 4. The van der Waals surface area contributed by atoms with Gasteiger partial charge >= 0.3 is 0 Å². The minimum absolute atomic E-state index is 0.109. The third-order valence-corrected chi connectivity index (χ3v) is 3.50. The number of nitrogens with two attached hydrogens (primary N) is 1. The maximum atomic E-state index is 10.7. The van der Waals surface area contributed by atoms with Crippen molar-refractivity contribution in [2.45, 2.75) is 26.2 Å². The van der Waals surface area contributed by atoms with E-state index < -0.39 is 10.0 Å². The molecule has 1 aliphatic rings. The summed E-state index contributed by atoms with van der Waals surface area (Å²) >= 11 is 0. The predicted octanol–water partition coefficient (Wildman–Crippen LogP) is 0.397. The summed E-state index contributed by atoms with van der Waals surface area (Å²) in [6.45, 7) is 5.31. The molecule has 1 heterocycles. The molecular formula is C9H20N2O2S. The third-order valence-electron chi connectivity index (χ3n) is 2.64. The number of piperidine rings is 1. The lowest BCUT2D eigenvalue weighted by Gasteiger charge is -2.30. The molecule has 1 fully saturated rings. The van der Waals surface area contributed by atoms with Crippen molar-refractivity contribution < 1.29 is 8.42 Å². The Morgan fingerprint density at radius 3 is 2.79 bits per heavy atom. The molecule has 0 aromatic heterocycles. The summed E-state index contributed by atoms with van der Waals surface area (Å²) in [5, 5.41) is 4.93. The van der Waals surface area contributed by atoms with Crippen LogP contribution in [0.1, 0.15) is 26.2 Å². The molecule has 1 saturated heterocycles. The highest BCUT2D eigenvalue weighted by Gasteiger charge is 2.15. The quantitative estimate of drug-likeness (QED) is 0.746. The van der Waals surface area contributed by atoms with Gasteiger partial charge in [0.25, 0.3) is 0 Å². The van der Waals surface area contributed by atoms with Crippen LogP contribution < -0.4 is 5.14 Å². The van der Waals surface area contributed by atoms with Crippen molar-refractivity contribution in [2.24, 2.45) is 11.1 Å². The normalized spacial score (nSPS) is 25.1.